The molecule has 0 unspecified atom stereocenters. The number of aliphatic hydroxyl groups is 1. The summed E-state index contributed by atoms with van der Waals surface area (Å²) >= 11 is 6.44. The second-order valence-electron chi connectivity index (χ2n) is 8.87. The maximum absolute atomic E-state index is 13.4. The fraction of sp³-hybridized carbons (Fsp3) is 0.591. The van der Waals surface area contributed by atoms with Crippen LogP contribution in [0.2, 0.25) is 5.02 Å². The van der Waals surface area contributed by atoms with Crippen molar-refractivity contribution in [3.05, 3.63) is 35.0 Å². The SMILES string of the molecule is CN1CCC[C@H]1Cn1cc(C(=O)NCC2(O)CCC(F)(F)CC2)c2c(Cl)cccc21. The average Bonchev–Trinajstić information content (AvgIpc) is 3.28. The molecule has 164 valence electrons. The Balaban J connectivity index is 1.54. The van der Waals surface area contributed by atoms with Crippen LogP contribution in [-0.2, 0) is 6.54 Å². The molecule has 0 bridgehead atoms. The van der Waals surface area contributed by atoms with Crippen molar-refractivity contribution >= 4 is 28.4 Å². The van der Waals surface area contributed by atoms with Gasteiger partial charge in [-0.2, -0.15) is 0 Å². The molecule has 2 N–H and O–H groups in total. The number of aromatic nitrogens is 1. The van der Waals surface area contributed by atoms with Gasteiger partial charge in [-0.05, 0) is 51.4 Å². The molecule has 1 saturated heterocycles. The minimum Gasteiger partial charge on any atom is -0.388 e. The van der Waals surface area contributed by atoms with Crippen LogP contribution in [0.5, 0.6) is 0 Å². The van der Waals surface area contributed by atoms with Crippen LogP contribution in [0.1, 0.15) is 48.9 Å². The third kappa shape index (κ3) is 4.34. The first-order valence-corrected chi connectivity index (χ1v) is 10.9. The highest BCUT2D eigenvalue weighted by Crippen LogP contribution is 2.38. The number of fused-ring (bicyclic) bond motifs is 1. The quantitative estimate of drug-likeness (QED) is 0.738. The van der Waals surface area contributed by atoms with Gasteiger partial charge in [0.05, 0.1) is 21.7 Å². The fourth-order valence-electron chi connectivity index (χ4n) is 4.67. The van der Waals surface area contributed by atoms with Gasteiger partial charge in [0.1, 0.15) is 0 Å². The minimum atomic E-state index is -2.73. The van der Waals surface area contributed by atoms with E-state index in [1.54, 1.807) is 6.07 Å². The van der Waals surface area contributed by atoms with E-state index in [0.717, 1.165) is 31.4 Å². The first-order valence-electron chi connectivity index (χ1n) is 10.5. The Bertz CT molecular complexity index is 936. The lowest BCUT2D eigenvalue weighted by molar-refractivity contribution is -0.101. The van der Waals surface area contributed by atoms with Crippen molar-refractivity contribution in [2.24, 2.45) is 0 Å². The highest BCUT2D eigenvalue weighted by Gasteiger charge is 2.42. The summed E-state index contributed by atoms with van der Waals surface area (Å²) in [6.45, 7) is 1.78. The van der Waals surface area contributed by atoms with Gasteiger partial charge in [0, 0.05) is 43.6 Å². The number of carbonyl (C=O) groups is 1. The third-order valence-electron chi connectivity index (χ3n) is 6.67. The number of likely N-dealkylation sites (tertiary alicyclic amines) is 1. The Morgan fingerprint density at radius 3 is 2.70 bits per heavy atom. The van der Waals surface area contributed by atoms with E-state index in [1.165, 1.54) is 0 Å². The molecule has 30 heavy (non-hydrogen) atoms. The number of nitrogens with zero attached hydrogens (tertiary/aromatic N) is 2. The van der Waals surface area contributed by atoms with E-state index >= 15 is 0 Å². The molecule has 4 rings (SSSR count). The molecule has 0 radical (unpaired) electrons. The lowest BCUT2D eigenvalue weighted by Gasteiger charge is -2.35. The number of rotatable bonds is 5. The number of halogens is 3. The van der Waals surface area contributed by atoms with Crippen molar-refractivity contribution in [1.82, 2.24) is 14.8 Å². The maximum atomic E-state index is 13.4. The molecule has 1 aliphatic carbocycles. The summed E-state index contributed by atoms with van der Waals surface area (Å²) < 4.78 is 28.9. The normalized spacial score (nSPS) is 23.7. The number of hydrogen-bond donors (Lipinski definition) is 2. The van der Waals surface area contributed by atoms with Gasteiger partial charge in [0.15, 0.2) is 0 Å². The molecule has 1 aliphatic heterocycles. The predicted octanol–water partition coefficient (Wildman–Crippen LogP) is 4.06. The number of nitrogens with one attached hydrogen (secondary N) is 1. The molecule has 0 spiro atoms. The molecule has 2 aromatic rings. The summed E-state index contributed by atoms with van der Waals surface area (Å²) in [6.07, 6.45) is 3.30. The highest BCUT2D eigenvalue weighted by molar-refractivity contribution is 6.36. The molecule has 2 aliphatic rings. The van der Waals surface area contributed by atoms with Gasteiger partial charge >= 0.3 is 0 Å². The van der Waals surface area contributed by atoms with Crippen LogP contribution < -0.4 is 5.32 Å². The minimum absolute atomic E-state index is 0.0309. The Kier molecular flexibility index (Phi) is 5.81. The van der Waals surface area contributed by atoms with Crippen LogP contribution >= 0.6 is 11.6 Å². The molecule has 1 atom stereocenters. The Morgan fingerprint density at radius 2 is 2.03 bits per heavy atom. The number of benzene rings is 1. The summed E-state index contributed by atoms with van der Waals surface area (Å²) in [7, 11) is 2.11. The maximum Gasteiger partial charge on any atom is 0.253 e. The van der Waals surface area contributed by atoms with Gasteiger partial charge in [-0.1, -0.05) is 17.7 Å². The zero-order chi connectivity index (χ0) is 21.5. The van der Waals surface area contributed by atoms with E-state index in [4.69, 9.17) is 11.6 Å². The third-order valence-corrected chi connectivity index (χ3v) is 6.98. The zero-order valence-corrected chi connectivity index (χ0v) is 17.9. The van der Waals surface area contributed by atoms with E-state index in [9.17, 15) is 18.7 Å². The van der Waals surface area contributed by atoms with Crippen molar-refractivity contribution in [3.63, 3.8) is 0 Å². The monoisotopic (exact) mass is 439 g/mol. The predicted molar refractivity (Wildman–Crippen MR) is 113 cm³/mol. The van der Waals surface area contributed by atoms with E-state index in [2.05, 4.69) is 21.8 Å². The summed E-state index contributed by atoms with van der Waals surface area (Å²) in [5, 5.41) is 14.5. The molecule has 2 heterocycles. The van der Waals surface area contributed by atoms with E-state index in [0.29, 0.717) is 22.0 Å². The van der Waals surface area contributed by atoms with Gasteiger partial charge in [0.2, 0.25) is 5.92 Å². The van der Waals surface area contributed by atoms with Crippen LogP contribution in [-0.4, -0.2) is 58.2 Å². The van der Waals surface area contributed by atoms with Crippen LogP contribution in [0.3, 0.4) is 0 Å². The highest BCUT2D eigenvalue weighted by atomic mass is 35.5. The van der Waals surface area contributed by atoms with Crippen LogP contribution in [0.4, 0.5) is 8.78 Å². The molecule has 1 aromatic carbocycles. The molecule has 1 saturated carbocycles. The van der Waals surface area contributed by atoms with E-state index in [-0.39, 0.29) is 38.1 Å². The first-order chi connectivity index (χ1) is 14.2. The second-order valence-corrected chi connectivity index (χ2v) is 9.28. The van der Waals surface area contributed by atoms with Crippen molar-refractivity contribution < 1.29 is 18.7 Å². The lowest BCUT2D eigenvalue weighted by Crippen LogP contribution is -2.47. The van der Waals surface area contributed by atoms with E-state index < -0.39 is 11.5 Å². The molecular weight excluding hydrogens is 412 g/mol. The van der Waals surface area contributed by atoms with Crippen LogP contribution in [0, 0.1) is 0 Å². The topological polar surface area (TPSA) is 57.5 Å². The van der Waals surface area contributed by atoms with E-state index in [1.807, 2.05) is 18.3 Å². The second kappa shape index (κ2) is 8.09. The number of alkyl halides is 2. The van der Waals surface area contributed by atoms with Gasteiger partial charge in [0.25, 0.3) is 5.91 Å². The van der Waals surface area contributed by atoms with Gasteiger partial charge in [-0.15, -0.1) is 0 Å². The molecule has 8 heteroatoms. The molecule has 1 aromatic heterocycles. The standard InChI is InChI=1S/C22H28ClF2N3O2/c1-27-11-3-4-15(27)12-28-13-16(19-17(23)5-2-6-18(19)28)20(29)26-14-21(30)7-9-22(24,25)10-8-21/h2,5-6,13,15,30H,3-4,7-12,14H2,1H3,(H,26,29)/t15-/m0/s1. The lowest BCUT2D eigenvalue weighted by atomic mass is 9.82. The van der Waals surface area contributed by atoms with Gasteiger partial charge in [-0.25, -0.2) is 8.78 Å². The molecular formula is C22H28ClF2N3O2. The van der Waals surface area contributed by atoms with Crippen molar-refractivity contribution in [1.29, 1.82) is 0 Å². The molecule has 2 fully saturated rings. The largest absolute Gasteiger partial charge is 0.388 e. The number of likely N-dealkylation sites (N-methyl/N-ethyl adjacent to an activating group) is 1. The summed E-state index contributed by atoms with van der Waals surface area (Å²) in [4.78, 5) is 15.3. The van der Waals surface area contributed by atoms with Crippen molar-refractivity contribution in [2.45, 2.75) is 62.6 Å². The fourth-order valence-corrected chi connectivity index (χ4v) is 4.94. The van der Waals surface area contributed by atoms with Crippen LogP contribution in [0.25, 0.3) is 10.9 Å². The number of amides is 1. The smallest absolute Gasteiger partial charge is 0.253 e. The Morgan fingerprint density at radius 1 is 1.30 bits per heavy atom. The van der Waals surface area contributed by atoms with Crippen molar-refractivity contribution in [3.8, 4) is 0 Å². The van der Waals surface area contributed by atoms with Gasteiger partial charge in [-0.3, -0.25) is 4.79 Å². The van der Waals surface area contributed by atoms with Crippen molar-refractivity contribution in [2.75, 3.05) is 20.1 Å². The van der Waals surface area contributed by atoms with Crippen LogP contribution in [0.15, 0.2) is 24.4 Å². The number of carbonyl (C=O) groups excluding carboxylic acids is 1. The molecule has 1 amide bonds. The first kappa shape index (κ1) is 21.5. The zero-order valence-electron chi connectivity index (χ0n) is 17.1. The Labute approximate surface area is 180 Å². The average molecular weight is 440 g/mol. The Hall–Kier alpha value is -1.70. The summed E-state index contributed by atoms with van der Waals surface area (Å²) in [5.74, 6) is -3.08. The van der Waals surface area contributed by atoms with Gasteiger partial charge < -0.3 is 19.9 Å². The number of hydrogen-bond acceptors (Lipinski definition) is 3. The molecule has 5 nitrogen and oxygen atoms in total. The summed E-state index contributed by atoms with van der Waals surface area (Å²) in [6, 6.07) is 5.97. The summed E-state index contributed by atoms with van der Waals surface area (Å²) in [5.41, 5.74) is 0.0384.